The van der Waals surface area contributed by atoms with E-state index in [4.69, 9.17) is 4.74 Å². The molecule has 2 aliphatic heterocycles. The van der Waals surface area contributed by atoms with E-state index in [1.165, 1.54) is 0 Å². The zero-order valence-electron chi connectivity index (χ0n) is 16.8. The van der Waals surface area contributed by atoms with Crippen molar-refractivity contribution >= 4 is 28.5 Å². The molecule has 0 radical (unpaired) electrons. The number of pyridine rings is 1. The van der Waals surface area contributed by atoms with Gasteiger partial charge < -0.3 is 14.5 Å². The molecule has 5 rings (SSSR count). The first-order valence-electron chi connectivity index (χ1n) is 10.1. The Morgan fingerprint density at radius 2 is 1.68 bits per heavy atom. The Labute approximate surface area is 179 Å². The van der Waals surface area contributed by atoms with Crippen molar-refractivity contribution in [3.63, 3.8) is 0 Å². The van der Waals surface area contributed by atoms with Crippen molar-refractivity contribution in [2.24, 2.45) is 4.99 Å². The zero-order chi connectivity index (χ0) is 21.2. The first-order chi connectivity index (χ1) is 15.2. The number of fused-ring (bicyclic) bond motifs is 1. The largest absolute Gasteiger partial charge is 0.402 e. The average molecular weight is 412 g/mol. The van der Waals surface area contributed by atoms with Gasteiger partial charge in [0.05, 0.1) is 0 Å². The van der Waals surface area contributed by atoms with Crippen molar-refractivity contribution in [1.29, 1.82) is 0 Å². The Morgan fingerprint density at radius 3 is 2.48 bits per heavy atom. The number of aliphatic imine (C=N–C) groups is 1. The molecule has 0 bridgehead atoms. The molecule has 7 nitrogen and oxygen atoms in total. The summed E-state index contributed by atoms with van der Waals surface area (Å²) in [6.07, 6.45) is 4.96. The predicted octanol–water partition coefficient (Wildman–Crippen LogP) is 2.84. The number of benzene rings is 2. The lowest BCUT2D eigenvalue weighted by Gasteiger charge is -2.34. The van der Waals surface area contributed by atoms with Gasteiger partial charge in [-0.3, -0.25) is 9.78 Å². The second-order valence-corrected chi connectivity index (χ2v) is 7.41. The SMILES string of the molecule is O=C1OC(c2cccc3ccccc23)=NC1=CN1CCN(C(=O)c2ccncc2)CC1. The van der Waals surface area contributed by atoms with Crippen molar-refractivity contribution in [3.05, 3.63) is 90.0 Å². The van der Waals surface area contributed by atoms with Crippen LogP contribution in [0.2, 0.25) is 0 Å². The average Bonchev–Trinajstić information content (AvgIpc) is 3.19. The number of ether oxygens (including phenoxy) is 1. The molecule has 2 aromatic carbocycles. The maximum atomic E-state index is 12.6. The Hall–Kier alpha value is -4.00. The molecule has 3 heterocycles. The van der Waals surface area contributed by atoms with Gasteiger partial charge in [-0.2, -0.15) is 0 Å². The molecule has 2 aliphatic rings. The number of rotatable bonds is 3. The zero-order valence-corrected chi connectivity index (χ0v) is 16.8. The number of carbonyl (C=O) groups is 2. The van der Waals surface area contributed by atoms with Gasteiger partial charge in [-0.15, -0.1) is 0 Å². The number of amides is 1. The van der Waals surface area contributed by atoms with E-state index in [9.17, 15) is 9.59 Å². The molecule has 0 spiro atoms. The monoisotopic (exact) mass is 412 g/mol. The van der Waals surface area contributed by atoms with Gasteiger partial charge in [-0.25, -0.2) is 9.79 Å². The summed E-state index contributed by atoms with van der Waals surface area (Å²) >= 11 is 0. The van der Waals surface area contributed by atoms with Crippen LogP contribution in [0.15, 0.2) is 83.9 Å². The van der Waals surface area contributed by atoms with Gasteiger partial charge in [0, 0.05) is 55.9 Å². The van der Waals surface area contributed by atoms with Crippen molar-refractivity contribution in [3.8, 4) is 0 Å². The summed E-state index contributed by atoms with van der Waals surface area (Å²) in [5.41, 5.74) is 1.70. The van der Waals surface area contributed by atoms with Crippen molar-refractivity contribution < 1.29 is 14.3 Å². The van der Waals surface area contributed by atoms with Crippen LogP contribution in [0.25, 0.3) is 10.8 Å². The lowest BCUT2D eigenvalue weighted by atomic mass is 10.0. The van der Waals surface area contributed by atoms with Crippen molar-refractivity contribution in [2.75, 3.05) is 26.2 Å². The van der Waals surface area contributed by atoms with E-state index in [2.05, 4.69) is 9.98 Å². The summed E-state index contributed by atoms with van der Waals surface area (Å²) in [5.74, 6) is -0.149. The van der Waals surface area contributed by atoms with Gasteiger partial charge in [-0.1, -0.05) is 36.4 Å². The Bertz CT molecular complexity index is 1210. The van der Waals surface area contributed by atoms with E-state index >= 15 is 0 Å². The summed E-state index contributed by atoms with van der Waals surface area (Å²) in [6, 6.07) is 17.2. The lowest BCUT2D eigenvalue weighted by Crippen LogP contribution is -2.47. The second-order valence-electron chi connectivity index (χ2n) is 7.41. The van der Waals surface area contributed by atoms with Crippen LogP contribution in [-0.2, 0) is 9.53 Å². The Kier molecular flexibility index (Phi) is 4.92. The number of nitrogens with zero attached hydrogens (tertiary/aromatic N) is 4. The highest BCUT2D eigenvalue weighted by Crippen LogP contribution is 2.24. The van der Waals surface area contributed by atoms with Gasteiger partial charge in [-0.05, 0) is 29.0 Å². The first-order valence-corrected chi connectivity index (χ1v) is 10.1. The van der Waals surface area contributed by atoms with Gasteiger partial charge in [0.25, 0.3) is 5.91 Å². The van der Waals surface area contributed by atoms with E-state index in [0.717, 1.165) is 16.3 Å². The third-order valence-electron chi connectivity index (χ3n) is 5.47. The van der Waals surface area contributed by atoms with Gasteiger partial charge in [0.1, 0.15) is 0 Å². The minimum absolute atomic E-state index is 0.00811. The predicted molar refractivity (Wildman–Crippen MR) is 116 cm³/mol. The minimum atomic E-state index is -0.460. The summed E-state index contributed by atoms with van der Waals surface area (Å²) in [7, 11) is 0. The highest BCUT2D eigenvalue weighted by molar-refractivity contribution is 6.16. The Morgan fingerprint density at radius 1 is 0.935 bits per heavy atom. The molecule has 1 saturated heterocycles. The van der Waals surface area contributed by atoms with E-state index in [1.54, 1.807) is 30.7 Å². The van der Waals surface area contributed by atoms with Crippen LogP contribution in [0.1, 0.15) is 15.9 Å². The van der Waals surface area contributed by atoms with Crippen LogP contribution in [0.3, 0.4) is 0 Å². The maximum Gasteiger partial charge on any atom is 0.365 e. The lowest BCUT2D eigenvalue weighted by molar-refractivity contribution is -0.130. The van der Waals surface area contributed by atoms with Crippen LogP contribution in [0.4, 0.5) is 0 Å². The number of carbonyl (C=O) groups excluding carboxylic acids is 2. The molecular formula is C24H20N4O3. The third-order valence-corrected chi connectivity index (χ3v) is 5.47. The Balaban J connectivity index is 1.31. The molecule has 0 N–H and O–H groups in total. The van der Waals surface area contributed by atoms with Crippen LogP contribution in [0, 0.1) is 0 Å². The molecule has 31 heavy (non-hydrogen) atoms. The van der Waals surface area contributed by atoms with Crippen LogP contribution >= 0.6 is 0 Å². The summed E-state index contributed by atoms with van der Waals surface area (Å²) in [4.78, 5) is 37.2. The molecule has 1 aromatic heterocycles. The molecule has 154 valence electrons. The molecule has 1 fully saturated rings. The van der Waals surface area contributed by atoms with Gasteiger partial charge in [0.2, 0.25) is 5.90 Å². The summed E-state index contributed by atoms with van der Waals surface area (Å²) < 4.78 is 5.47. The number of hydrogen-bond donors (Lipinski definition) is 0. The van der Waals surface area contributed by atoms with Crippen molar-refractivity contribution in [2.45, 2.75) is 0 Å². The van der Waals surface area contributed by atoms with Crippen LogP contribution < -0.4 is 0 Å². The summed E-state index contributed by atoms with van der Waals surface area (Å²) in [5, 5.41) is 2.05. The molecule has 1 amide bonds. The number of aromatic nitrogens is 1. The van der Waals surface area contributed by atoms with E-state index in [1.807, 2.05) is 52.3 Å². The quantitative estimate of drug-likeness (QED) is 0.489. The summed E-state index contributed by atoms with van der Waals surface area (Å²) in [6.45, 7) is 2.37. The highest BCUT2D eigenvalue weighted by Gasteiger charge is 2.27. The van der Waals surface area contributed by atoms with E-state index in [-0.39, 0.29) is 11.6 Å². The third kappa shape index (κ3) is 3.77. The fraction of sp³-hybridized carbons (Fsp3) is 0.167. The highest BCUT2D eigenvalue weighted by atomic mass is 16.6. The number of piperazine rings is 1. The standard InChI is InChI=1S/C24H20N4O3/c29-23(18-8-10-25-11-9-18)28-14-12-27(13-15-28)16-21-24(30)31-22(26-21)20-7-3-5-17-4-1-2-6-19(17)20/h1-11,16H,12-15H2. The number of esters is 1. The minimum Gasteiger partial charge on any atom is -0.402 e. The van der Waals surface area contributed by atoms with Gasteiger partial charge >= 0.3 is 5.97 Å². The maximum absolute atomic E-state index is 12.6. The normalized spacial score (nSPS) is 17.7. The number of hydrogen-bond acceptors (Lipinski definition) is 6. The van der Waals surface area contributed by atoms with E-state index in [0.29, 0.717) is 37.6 Å². The fourth-order valence-electron chi connectivity index (χ4n) is 3.83. The smallest absolute Gasteiger partial charge is 0.365 e. The molecule has 7 heteroatoms. The topological polar surface area (TPSA) is 75.1 Å². The molecule has 0 atom stereocenters. The van der Waals surface area contributed by atoms with Crippen LogP contribution in [0.5, 0.6) is 0 Å². The fourth-order valence-corrected chi connectivity index (χ4v) is 3.83. The van der Waals surface area contributed by atoms with Gasteiger partial charge in [0.15, 0.2) is 5.70 Å². The second kappa shape index (κ2) is 8.02. The molecule has 0 saturated carbocycles. The molecule has 0 unspecified atom stereocenters. The first kappa shape index (κ1) is 19.0. The van der Waals surface area contributed by atoms with E-state index < -0.39 is 5.97 Å². The van der Waals surface area contributed by atoms with Crippen molar-refractivity contribution in [1.82, 2.24) is 14.8 Å². The molecular weight excluding hydrogens is 392 g/mol. The molecule has 0 aliphatic carbocycles. The number of cyclic esters (lactones) is 1. The van der Waals surface area contributed by atoms with Crippen LogP contribution in [-0.4, -0.2) is 58.7 Å². The molecule has 3 aromatic rings.